The Morgan fingerprint density at radius 3 is 2.94 bits per heavy atom. The molecule has 4 N–H and O–H groups in total. The average Bonchev–Trinajstić information content (AvgIpc) is 3.42. The van der Waals surface area contributed by atoms with Gasteiger partial charge in [-0.2, -0.15) is 0 Å². The number of aromatic amines is 1. The number of hydrogen-bond acceptors (Lipinski definition) is 5. The Morgan fingerprint density at radius 1 is 1.38 bits per heavy atom. The van der Waals surface area contributed by atoms with Gasteiger partial charge in [0.25, 0.3) is 0 Å². The molecule has 2 atom stereocenters. The number of para-hydroxylation sites is 1. The molecular weight excluding hydrogens is 422 g/mol. The maximum absolute atomic E-state index is 13.6. The van der Waals surface area contributed by atoms with Gasteiger partial charge in [0, 0.05) is 42.0 Å². The molecule has 4 rings (SSSR count). The van der Waals surface area contributed by atoms with Gasteiger partial charge in [0.1, 0.15) is 6.04 Å². The fourth-order valence-electron chi connectivity index (χ4n) is 4.35. The summed E-state index contributed by atoms with van der Waals surface area (Å²) in [6.45, 7) is 4.70. The zero-order valence-electron chi connectivity index (χ0n) is 18.6. The number of rotatable bonds is 7. The van der Waals surface area contributed by atoms with Gasteiger partial charge in [-0.15, -0.1) is 11.3 Å². The second-order valence-corrected chi connectivity index (χ2v) is 10.0. The van der Waals surface area contributed by atoms with Crippen LogP contribution in [-0.2, 0) is 22.4 Å². The standard InChI is InChI=1S/C24H31N5O2S/c1-24(2,25)23(31)28-21(11-17-12-26-20-8-4-3-7-19(17)20)22(30)29-9-5-6-16(13-29)10-18-14-32-15-27-18/h3-4,7-8,12,14-16,21,26H,5-6,9-11,13,25H2,1-2H3,(H,28,31)/t16-,21?/m1/s1. The van der Waals surface area contributed by atoms with Crippen molar-refractivity contribution in [1.82, 2.24) is 20.2 Å². The first kappa shape index (κ1) is 22.5. The van der Waals surface area contributed by atoms with E-state index in [4.69, 9.17) is 5.73 Å². The van der Waals surface area contributed by atoms with Gasteiger partial charge in [-0.3, -0.25) is 9.59 Å². The number of nitrogens with two attached hydrogens (primary N) is 1. The molecule has 1 aliphatic rings. The minimum atomic E-state index is -1.06. The van der Waals surface area contributed by atoms with Crippen LogP contribution in [0.2, 0.25) is 0 Å². The number of benzene rings is 1. The van der Waals surface area contributed by atoms with Gasteiger partial charge in [-0.1, -0.05) is 18.2 Å². The van der Waals surface area contributed by atoms with Crippen LogP contribution in [-0.4, -0.2) is 51.4 Å². The molecule has 32 heavy (non-hydrogen) atoms. The molecule has 0 spiro atoms. The van der Waals surface area contributed by atoms with Crippen molar-refractivity contribution in [2.45, 2.75) is 51.1 Å². The van der Waals surface area contributed by atoms with E-state index in [1.807, 2.05) is 40.9 Å². The van der Waals surface area contributed by atoms with Crippen molar-refractivity contribution in [1.29, 1.82) is 0 Å². The van der Waals surface area contributed by atoms with Crippen LogP contribution in [0.5, 0.6) is 0 Å². The van der Waals surface area contributed by atoms with E-state index in [-0.39, 0.29) is 11.8 Å². The second kappa shape index (κ2) is 9.42. The number of nitrogens with one attached hydrogen (secondary N) is 2. The van der Waals surface area contributed by atoms with Crippen LogP contribution in [0, 0.1) is 5.92 Å². The summed E-state index contributed by atoms with van der Waals surface area (Å²) in [7, 11) is 0. The molecule has 1 aliphatic heterocycles. The van der Waals surface area contributed by atoms with Crippen molar-refractivity contribution >= 4 is 34.1 Å². The van der Waals surface area contributed by atoms with Crippen LogP contribution >= 0.6 is 11.3 Å². The normalized spacial score (nSPS) is 18.0. The predicted molar refractivity (Wildman–Crippen MR) is 127 cm³/mol. The second-order valence-electron chi connectivity index (χ2n) is 9.29. The lowest BCUT2D eigenvalue weighted by molar-refractivity contribution is -0.138. The van der Waals surface area contributed by atoms with E-state index in [0.717, 1.165) is 41.4 Å². The van der Waals surface area contributed by atoms with E-state index < -0.39 is 11.6 Å². The molecule has 0 aliphatic carbocycles. The number of thiazole rings is 1. The summed E-state index contributed by atoms with van der Waals surface area (Å²) in [6.07, 6.45) is 5.25. The molecule has 0 saturated carbocycles. The van der Waals surface area contributed by atoms with E-state index in [0.29, 0.717) is 25.4 Å². The highest BCUT2D eigenvalue weighted by atomic mass is 32.1. The number of aromatic nitrogens is 2. The smallest absolute Gasteiger partial charge is 0.245 e. The summed E-state index contributed by atoms with van der Waals surface area (Å²) in [5.74, 6) is 0.00720. The fourth-order valence-corrected chi connectivity index (χ4v) is 4.92. The van der Waals surface area contributed by atoms with Crippen molar-refractivity contribution in [3.63, 3.8) is 0 Å². The summed E-state index contributed by atoms with van der Waals surface area (Å²) in [4.78, 5) is 35.9. The van der Waals surface area contributed by atoms with Crippen molar-refractivity contribution in [3.05, 3.63) is 52.6 Å². The van der Waals surface area contributed by atoms with E-state index in [9.17, 15) is 9.59 Å². The molecule has 7 nitrogen and oxygen atoms in total. The molecule has 0 radical (unpaired) electrons. The van der Waals surface area contributed by atoms with Crippen molar-refractivity contribution in [2.75, 3.05) is 13.1 Å². The molecule has 1 aromatic carbocycles. The highest BCUT2D eigenvalue weighted by Crippen LogP contribution is 2.24. The van der Waals surface area contributed by atoms with Gasteiger partial charge < -0.3 is 20.9 Å². The summed E-state index contributed by atoms with van der Waals surface area (Å²) >= 11 is 1.60. The van der Waals surface area contributed by atoms with Crippen LogP contribution in [0.15, 0.2) is 41.4 Å². The summed E-state index contributed by atoms with van der Waals surface area (Å²) in [6, 6.07) is 7.32. The molecule has 0 bridgehead atoms. The van der Waals surface area contributed by atoms with Crippen LogP contribution in [0.25, 0.3) is 10.9 Å². The third kappa shape index (κ3) is 5.19. The van der Waals surface area contributed by atoms with Gasteiger partial charge in [-0.25, -0.2) is 4.98 Å². The van der Waals surface area contributed by atoms with Gasteiger partial charge in [0.05, 0.1) is 16.7 Å². The Kier molecular flexibility index (Phi) is 6.62. The molecule has 8 heteroatoms. The Balaban J connectivity index is 1.53. The molecule has 1 fully saturated rings. The van der Waals surface area contributed by atoms with E-state index in [1.54, 1.807) is 25.2 Å². The number of fused-ring (bicyclic) bond motifs is 1. The van der Waals surface area contributed by atoms with Crippen molar-refractivity contribution in [3.8, 4) is 0 Å². The Morgan fingerprint density at radius 2 is 2.19 bits per heavy atom. The largest absolute Gasteiger partial charge is 0.361 e. The van der Waals surface area contributed by atoms with Crippen molar-refractivity contribution < 1.29 is 9.59 Å². The summed E-state index contributed by atoms with van der Waals surface area (Å²) in [5, 5.41) is 6.07. The molecule has 2 amide bonds. The highest BCUT2D eigenvalue weighted by molar-refractivity contribution is 7.07. The lowest BCUT2D eigenvalue weighted by atomic mass is 9.92. The lowest BCUT2D eigenvalue weighted by Gasteiger charge is -2.35. The number of H-pyrrole nitrogens is 1. The minimum absolute atomic E-state index is 0.0455. The van der Waals surface area contributed by atoms with Crippen LogP contribution in [0.4, 0.5) is 0 Å². The first-order chi connectivity index (χ1) is 15.3. The Hall–Kier alpha value is -2.71. The number of carbonyl (C=O) groups is 2. The maximum Gasteiger partial charge on any atom is 0.245 e. The average molecular weight is 454 g/mol. The van der Waals surface area contributed by atoms with E-state index >= 15 is 0 Å². The Labute approximate surface area is 192 Å². The highest BCUT2D eigenvalue weighted by Gasteiger charge is 2.33. The minimum Gasteiger partial charge on any atom is -0.361 e. The van der Waals surface area contributed by atoms with Crippen molar-refractivity contribution in [2.24, 2.45) is 11.7 Å². The monoisotopic (exact) mass is 453 g/mol. The number of piperidine rings is 1. The third-order valence-corrected chi connectivity index (χ3v) is 6.73. The van der Waals surface area contributed by atoms with E-state index in [2.05, 4.69) is 20.7 Å². The van der Waals surface area contributed by atoms with Gasteiger partial charge in [0.15, 0.2) is 0 Å². The predicted octanol–water partition coefficient (Wildman–Crippen LogP) is 2.87. The van der Waals surface area contributed by atoms with Gasteiger partial charge >= 0.3 is 0 Å². The number of hydrogen-bond donors (Lipinski definition) is 3. The first-order valence-corrected chi connectivity index (χ1v) is 12.1. The zero-order valence-corrected chi connectivity index (χ0v) is 19.5. The maximum atomic E-state index is 13.6. The van der Waals surface area contributed by atoms with Gasteiger partial charge in [-0.05, 0) is 50.7 Å². The van der Waals surface area contributed by atoms with Crippen LogP contribution < -0.4 is 11.1 Å². The number of nitrogens with zero attached hydrogens (tertiary/aromatic N) is 2. The third-order valence-electron chi connectivity index (χ3n) is 6.10. The number of likely N-dealkylation sites (tertiary alicyclic amines) is 1. The lowest BCUT2D eigenvalue weighted by Crippen LogP contribution is -2.58. The van der Waals surface area contributed by atoms with Gasteiger partial charge in [0.2, 0.25) is 11.8 Å². The fraction of sp³-hybridized carbons (Fsp3) is 0.458. The summed E-state index contributed by atoms with van der Waals surface area (Å²) < 4.78 is 0. The molecular formula is C24H31N5O2S. The van der Waals surface area contributed by atoms with Crippen LogP contribution in [0.1, 0.15) is 37.9 Å². The molecule has 1 unspecified atom stereocenters. The topological polar surface area (TPSA) is 104 Å². The summed E-state index contributed by atoms with van der Waals surface area (Å²) in [5.41, 5.74) is 9.91. The quantitative estimate of drug-likeness (QED) is 0.512. The molecule has 3 heterocycles. The number of carbonyl (C=O) groups excluding carboxylic acids is 2. The molecule has 3 aromatic rings. The SMILES string of the molecule is CC(C)(N)C(=O)NC(Cc1c[nH]c2ccccc12)C(=O)N1CCC[C@H](Cc2cscn2)C1. The zero-order chi connectivity index (χ0) is 22.7. The number of amides is 2. The first-order valence-electron chi connectivity index (χ1n) is 11.1. The Bertz CT molecular complexity index is 1070. The van der Waals surface area contributed by atoms with Crippen LogP contribution in [0.3, 0.4) is 0 Å². The molecule has 1 saturated heterocycles. The molecule has 170 valence electrons. The molecule has 2 aromatic heterocycles. The van der Waals surface area contributed by atoms with E-state index in [1.165, 1.54) is 0 Å².